The van der Waals surface area contributed by atoms with E-state index in [1.165, 1.54) is 19.3 Å². The molecule has 200 valence electrons. The highest BCUT2D eigenvalue weighted by Gasteiger charge is 2.52. The minimum Gasteiger partial charge on any atom is -0.494 e. The van der Waals surface area contributed by atoms with Crippen molar-refractivity contribution in [2.24, 2.45) is 23.2 Å². The molecule has 2 aliphatic rings. The van der Waals surface area contributed by atoms with E-state index >= 15 is 0 Å². The van der Waals surface area contributed by atoms with Crippen LogP contribution in [0.1, 0.15) is 90.9 Å². The lowest BCUT2D eigenvalue weighted by Crippen LogP contribution is -2.42. The number of aliphatic hydroxyl groups excluding tert-OH is 2. The zero-order chi connectivity index (χ0) is 25.3. The van der Waals surface area contributed by atoms with E-state index in [1.54, 1.807) is 24.3 Å². The Kier molecular flexibility index (Phi) is 10.9. The Labute approximate surface area is 212 Å². The molecular weight excluding hydrogens is 464 g/mol. The number of benzene rings is 1. The lowest BCUT2D eigenvalue weighted by Gasteiger charge is -2.45. The number of aliphatic hydroxyl groups is 2. The number of rotatable bonds is 15. The van der Waals surface area contributed by atoms with Gasteiger partial charge in [-0.15, -0.1) is 0 Å². The average molecular weight is 511 g/mol. The third kappa shape index (κ3) is 7.67. The Morgan fingerprint density at radius 2 is 1.66 bits per heavy atom. The molecule has 2 N–H and O–H groups in total. The summed E-state index contributed by atoms with van der Waals surface area (Å²) in [5.41, 5.74) is 0.0725. The summed E-state index contributed by atoms with van der Waals surface area (Å²) >= 11 is 0. The van der Waals surface area contributed by atoms with Crippen molar-refractivity contribution in [2.75, 3.05) is 19.8 Å². The van der Waals surface area contributed by atoms with Gasteiger partial charge in [-0.05, 0) is 86.0 Å². The van der Waals surface area contributed by atoms with Crippen molar-refractivity contribution < 1.29 is 27.6 Å². The van der Waals surface area contributed by atoms with Crippen molar-refractivity contribution in [3.8, 4) is 5.75 Å². The molecule has 2 fully saturated rings. The SMILES string of the molecule is C[C@@H](COS(=O)(=O)c1ccc(OCCCCCCCCCO)cc1)[C@H]1CC[C@H]2[C@@H](O)CCC[C@]12C. The minimum atomic E-state index is -3.82. The van der Waals surface area contributed by atoms with Gasteiger partial charge in [0.05, 0.1) is 24.2 Å². The predicted octanol–water partition coefficient (Wildman–Crippen LogP) is 5.71. The summed E-state index contributed by atoms with van der Waals surface area (Å²) in [4.78, 5) is 0.156. The van der Waals surface area contributed by atoms with E-state index in [2.05, 4.69) is 13.8 Å². The Hall–Kier alpha value is -1.15. The molecule has 0 radical (unpaired) electrons. The van der Waals surface area contributed by atoms with E-state index in [4.69, 9.17) is 14.0 Å². The Morgan fingerprint density at radius 3 is 2.34 bits per heavy atom. The second-order valence-electron chi connectivity index (χ2n) is 11.0. The van der Waals surface area contributed by atoms with Crippen LogP contribution in [0.25, 0.3) is 0 Å². The zero-order valence-electron chi connectivity index (χ0n) is 21.7. The molecule has 0 amide bonds. The minimum absolute atomic E-state index is 0.0725. The van der Waals surface area contributed by atoms with E-state index in [0.29, 0.717) is 24.2 Å². The normalized spacial score (nSPS) is 27.5. The lowest BCUT2D eigenvalue weighted by molar-refractivity contribution is -0.0307. The van der Waals surface area contributed by atoms with Gasteiger partial charge in [-0.25, -0.2) is 0 Å². The third-order valence-corrected chi connectivity index (χ3v) is 9.82. The molecule has 0 unspecified atom stereocenters. The highest BCUT2D eigenvalue weighted by atomic mass is 32.2. The van der Waals surface area contributed by atoms with Gasteiger partial charge in [-0.3, -0.25) is 4.18 Å². The van der Waals surface area contributed by atoms with Gasteiger partial charge in [0, 0.05) is 6.61 Å². The third-order valence-electron chi connectivity index (χ3n) is 8.52. The summed E-state index contributed by atoms with van der Waals surface area (Å²) in [6.07, 6.45) is 12.4. The molecule has 2 aliphatic carbocycles. The van der Waals surface area contributed by atoms with Crippen LogP contribution in [0.4, 0.5) is 0 Å². The molecule has 0 heterocycles. The van der Waals surface area contributed by atoms with Gasteiger partial charge in [-0.1, -0.05) is 52.4 Å². The van der Waals surface area contributed by atoms with Crippen LogP contribution in [0, 0.1) is 23.2 Å². The Morgan fingerprint density at radius 1 is 1.00 bits per heavy atom. The molecule has 0 aliphatic heterocycles. The maximum Gasteiger partial charge on any atom is 0.296 e. The van der Waals surface area contributed by atoms with Crippen molar-refractivity contribution in [3.63, 3.8) is 0 Å². The Bertz CT molecular complexity index is 855. The molecule has 0 aromatic heterocycles. The first-order valence-corrected chi connectivity index (χ1v) is 15.1. The molecular formula is C28H46O6S. The summed E-state index contributed by atoms with van der Waals surface area (Å²) < 4.78 is 36.8. The average Bonchev–Trinajstić information content (AvgIpc) is 3.20. The van der Waals surface area contributed by atoms with Crippen LogP contribution in [-0.2, 0) is 14.3 Å². The molecule has 0 saturated heterocycles. The largest absolute Gasteiger partial charge is 0.494 e. The van der Waals surface area contributed by atoms with Crippen molar-refractivity contribution in [2.45, 2.75) is 102 Å². The molecule has 7 heteroatoms. The fourth-order valence-electron chi connectivity index (χ4n) is 6.50. The highest BCUT2D eigenvalue weighted by molar-refractivity contribution is 7.86. The topological polar surface area (TPSA) is 93.1 Å². The molecule has 3 rings (SSSR count). The summed E-state index contributed by atoms with van der Waals surface area (Å²) in [6, 6.07) is 6.50. The van der Waals surface area contributed by atoms with Gasteiger partial charge >= 0.3 is 0 Å². The lowest BCUT2D eigenvalue weighted by atomic mass is 9.62. The molecule has 0 spiro atoms. The second-order valence-corrected chi connectivity index (χ2v) is 12.6. The zero-order valence-corrected chi connectivity index (χ0v) is 22.5. The predicted molar refractivity (Wildman–Crippen MR) is 138 cm³/mol. The maximum atomic E-state index is 12.8. The standard InChI is InChI=1S/C28H46O6S/c1-22(25-16-17-26-27(30)11-10-18-28(25,26)2)21-34-35(31,32)24-14-12-23(13-15-24)33-20-9-7-5-3-4-6-8-19-29/h12-15,22,25-27,29-30H,3-11,16-21H2,1-2H3/t22-,25+,26-,27-,28+/m0/s1. The molecule has 0 bridgehead atoms. The first-order chi connectivity index (χ1) is 16.8. The van der Waals surface area contributed by atoms with E-state index in [0.717, 1.165) is 57.8 Å². The van der Waals surface area contributed by atoms with Gasteiger partial charge in [0.15, 0.2) is 0 Å². The number of hydrogen-bond donors (Lipinski definition) is 2. The molecule has 5 atom stereocenters. The number of fused-ring (bicyclic) bond motifs is 1. The maximum absolute atomic E-state index is 12.8. The molecule has 2 saturated carbocycles. The number of unbranched alkanes of at least 4 members (excludes halogenated alkanes) is 6. The van der Waals surface area contributed by atoms with Gasteiger partial charge < -0.3 is 14.9 Å². The van der Waals surface area contributed by atoms with Crippen molar-refractivity contribution in [1.82, 2.24) is 0 Å². The van der Waals surface area contributed by atoms with Crippen LogP contribution in [0.2, 0.25) is 0 Å². The first kappa shape index (κ1) is 28.4. The van der Waals surface area contributed by atoms with Gasteiger partial charge in [-0.2, -0.15) is 8.42 Å². The number of hydrogen-bond acceptors (Lipinski definition) is 6. The summed E-state index contributed by atoms with van der Waals surface area (Å²) in [7, 11) is -3.82. The Balaban J connectivity index is 1.40. The van der Waals surface area contributed by atoms with E-state index in [9.17, 15) is 13.5 Å². The van der Waals surface area contributed by atoms with Crippen molar-refractivity contribution in [1.29, 1.82) is 0 Å². The fourth-order valence-corrected chi connectivity index (χ4v) is 7.49. The van der Waals surface area contributed by atoms with E-state index in [-0.39, 0.29) is 35.5 Å². The molecule has 35 heavy (non-hydrogen) atoms. The van der Waals surface area contributed by atoms with Crippen LogP contribution in [0.5, 0.6) is 5.75 Å². The summed E-state index contributed by atoms with van der Waals surface area (Å²) in [6.45, 7) is 5.43. The van der Waals surface area contributed by atoms with Crippen LogP contribution in [0.15, 0.2) is 29.2 Å². The van der Waals surface area contributed by atoms with Crippen LogP contribution in [0.3, 0.4) is 0 Å². The van der Waals surface area contributed by atoms with Gasteiger partial charge in [0.2, 0.25) is 0 Å². The summed E-state index contributed by atoms with van der Waals surface area (Å²) in [5.74, 6) is 1.47. The number of ether oxygens (including phenoxy) is 1. The van der Waals surface area contributed by atoms with Gasteiger partial charge in [0.25, 0.3) is 10.1 Å². The van der Waals surface area contributed by atoms with Crippen molar-refractivity contribution >= 4 is 10.1 Å². The monoisotopic (exact) mass is 510 g/mol. The first-order valence-electron chi connectivity index (χ1n) is 13.7. The molecule has 1 aromatic rings. The second kappa shape index (κ2) is 13.4. The summed E-state index contributed by atoms with van der Waals surface area (Å²) in [5, 5.41) is 19.2. The van der Waals surface area contributed by atoms with Crippen LogP contribution >= 0.6 is 0 Å². The van der Waals surface area contributed by atoms with Crippen LogP contribution < -0.4 is 4.74 Å². The molecule has 1 aromatic carbocycles. The highest BCUT2D eigenvalue weighted by Crippen LogP contribution is 2.57. The van der Waals surface area contributed by atoms with Crippen molar-refractivity contribution in [3.05, 3.63) is 24.3 Å². The van der Waals surface area contributed by atoms with E-state index in [1.807, 2.05) is 0 Å². The fraction of sp³-hybridized carbons (Fsp3) is 0.786. The van der Waals surface area contributed by atoms with Crippen LogP contribution in [-0.4, -0.2) is 44.6 Å². The smallest absolute Gasteiger partial charge is 0.296 e. The molecule has 6 nitrogen and oxygen atoms in total. The quantitative estimate of drug-likeness (QED) is 0.232. The van der Waals surface area contributed by atoms with E-state index < -0.39 is 10.1 Å². The van der Waals surface area contributed by atoms with Gasteiger partial charge in [0.1, 0.15) is 5.75 Å².